The minimum absolute atomic E-state index is 0.0922. The number of aromatic amines is 1. The molecule has 17 heavy (non-hydrogen) atoms. The molecule has 0 fully saturated rings. The third-order valence-corrected chi connectivity index (χ3v) is 3.59. The molecule has 9 heteroatoms. The molecule has 0 bridgehead atoms. The van der Waals surface area contributed by atoms with Crippen LogP contribution in [0.1, 0.15) is 0 Å². The van der Waals surface area contributed by atoms with Gasteiger partial charge in [0.25, 0.3) is 5.69 Å². The maximum absolute atomic E-state index is 11.9. The first-order valence-corrected chi connectivity index (χ1v) is 5.78. The van der Waals surface area contributed by atoms with Crippen molar-refractivity contribution in [1.82, 2.24) is 15.4 Å². The van der Waals surface area contributed by atoms with Gasteiger partial charge in [0.2, 0.25) is 0 Å². The van der Waals surface area contributed by atoms with Crippen molar-refractivity contribution >= 4 is 15.5 Å². The second kappa shape index (κ2) is 3.94. The Morgan fingerprint density at radius 3 is 2.41 bits per heavy atom. The molecule has 1 aromatic carbocycles. The molecule has 0 saturated carbocycles. The molecule has 0 aliphatic rings. The summed E-state index contributed by atoms with van der Waals surface area (Å²) >= 11 is 0. The lowest BCUT2D eigenvalue weighted by atomic mass is 10.3. The number of nitro groups is 1. The van der Waals surface area contributed by atoms with Gasteiger partial charge in [-0.2, -0.15) is 0 Å². The number of sulfone groups is 1. The fourth-order valence-corrected chi connectivity index (χ4v) is 2.20. The van der Waals surface area contributed by atoms with Crippen molar-refractivity contribution in [3.05, 3.63) is 40.6 Å². The van der Waals surface area contributed by atoms with E-state index in [9.17, 15) is 18.5 Å². The Morgan fingerprint density at radius 1 is 1.29 bits per heavy atom. The van der Waals surface area contributed by atoms with Crippen LogP contribution in [0.25, 0.3) is 0 Å². The molecule has 88 valence electrons. The normalized spacial score (nSPS) is 11.3. The van der Waals surface area contributed by atoms with Crippen LogP contribution in [0.3, 0.4) is 0 Å². The lowest BCUT2D eigenvalue weighted by Gasteiger charge is -2.05. The zero-order valence-electron chi connectivity index (χ0n) is 8.19. The Balaban J connectivity index is 2.45. The first-order chi connectivity index (χ1) is 8.01. The molecule has 8 nitrogen and oxygen atoms in total. The van der Waals surface area contributed by atoms with Gasteiger partial charge in [0, 0.05) is 12.1 Å². The molecule has 1 aromatic heterocycles. The van der Waals surface area contributed by atoms with Crippen LogP contribution in [0, 0.1) is 16.3 Å². The fraction of sp³-hybridized carbons (Fsp3) is 0. The van der Waals surface area contributed by atoms with E-state index in [1.54, 1.807) is 0 Å². The van der Waals surface area contributed by atoms with Gasteiger partial charge in [-0.15, -0.1) is 5.21 Å². The molecule has 0 amide bonds. The molecule has 1 heterocycles. The van der Waals surface area contributed by atoms with Gasteiger partial charge in [0.05, 0.1) is 9.82 Å². The highest BCUT2D eigenvalue weighted by Crippen LogP contribution is 2.20. The Morgan fingerprint density at radius 2 is 1.94 bits per heavy atom. The highest BCUT2D eigenvalue weighted by atomic mass is 32.2. The van der Waals surface area contributed by atoms with Gasteiger partial charge in [-0.05, 0) is 17.2 Å². The van der Waals surface area contributed by atoms with Crippen LogP contribution in [-0.2, 0) is 9.84 Å². The summed E-state index contributed by atoms with van der Waals surface area (Å²) in [7, 11) is -3.80. The summed E-state index contributed by atoms with van der Waals surface area (Å²) in [5.74, 6) is 0. The summed E-state index contributed by atoms with van der Waals surface area (Å²) in [6.07, 6.45) is 2.17. The predicted octanol–water partition coefficient (Wildman–Crippen LogP) is 0.346. The van der Waals surface area contributed by atoms with E-state index in [1.165, 1.54) is 0 Å². The Labute approximate surface area is 95.4 Å². The number of non-ortho nitro benzene ring substituents is 1. The Kier molecular flexibility index (Phi) is 2.60. The summed E-state index contributed by atoms with van der Waals surface area (Å²) in [5, 5.41) is 18.8. The number of aromatic nitrogens is 3. The van der Waals surface area contributed by atoms with E-state index in [4.69, 9.17) is 0 Å². The third-order valence-electron chi connectivity index (χ3n) is 1.98. The standard InChI is InChI=1S/C8H5N4O4S/c13-12(14)6-1-3-7(4-2-6)17(15,16)8-5-9-11-10-8/h1-4H,(H,9,10,11)/q-1. The van der Waals surface area contributed by atoms with Crippen LogP contribution >= 0.6 is 0 Å². The van der Waals surface area contributed by atoms with E-state index in [0.717, 1.165) is 24.3 Å². The van der Waals surface area contributed by atoms with Gasteiger partial charge in [-0.1, -0.05) is 0 Å². The third kappa shape index (κ3) is 1.99. The number of hydrogen-bond acceptors (Lipinski definition) is 6. The van der Waals surface area contributed by atoms with Crippen LogP contribution in [-0.4, -0.2) is 28.8 Å². The highest BCUT2D eigenvalue weighted by Gasteiger charge is 2.15. The number of hydrogen-bond donors (Lipinski definition) is 1. The molecule has 0 spiro atoms. The summed E-state index contributed by atoms with van der Waals surface area (Å²) in [4.78, 5) is 9.71. The van der Waals surface area contributed by atoms with Crippen LogP contribution in [0.2, 0.25) is 0 Å². The van der Waals surface area contributed by atoms with Crippen LogP contribution in [0.4, 0.5) is 5.69 Å². The Hall–Kier alpha value is -2.29. The lowest BCUT2D eigenvalue weighted by Crippen LogP contribution is -2.02. The first-order valence-electron chi connectivity index (χ1n) is 4.30. The van der Waals surface area contributed by atoms with Gasteiger partial charge in [0.15, 0.2) is 9.84 Å². The topological polar surface area (TPSA) is 119 Å². The quantitative estimate of drug-likeness (QED) is 0.478. The molecule has 0 unspecified atom stereocenters. The van der Waals surface area contributed by atoms with Gasteiger partial charge in [-0.3, -0.25) is 15.2 Å². The number of nitro benzene ring substituents is 1. The second-order valence-electron chi connectivity index (χ2n) is 3.01. The Bertz CT molecular complexity index is 633. The summed E-state index contributed by atoms with van der Waals surface area (Å²) in [6, 6.07) is 4.50. The van der Waals surface area contributed by atoms with Crippen molar-refractivity contribution in [1.29, 1.82) is 0 Å². The van der Waals surface area contributed by atoms with Crippen molar-refractivity contribution in [3.63, 3.8) is 0 Å². The van der Waals surface area contributed by atoms with E-state index in [1.807, 2.05) is 0 Å². The fourth-order valence-electron chi connectivity index (χ4n) is 1.15. The second-order valence-corrected chi connectivity index (χ2v) is 4.89. The first kappa shape index (κ1) is 11.2. The summed E-state index contributed by atoms with van der Waals surface area (Å²) in [5.41, 5.74) is -0.185. The number of rotatable bonds is 3. The van der Waals surface area contributed by atoms with E-state index in [2.05, 4.69) is 21.6 Å². The molecule has 2 rings (SSSR count). The molecule has 0 radical (unpaired) electrons. The smallest absolute Gasteiger partial charge is 0.269 e. The van der Waals surface area contributed by atoms with Gasteiger partial charge < -0.3 is 11.3 Å². The summed E-state index contributed by atoms with van der Waals surface area (Å²) in [6.45, 7) is 0. The molecule has 1 N–H and O–H groups in total. The largest absolute Gasteiger partial charge is 0.351 e. The van der Waals surface area contributed by atoms with E-state index < -0.39 is 14.8 Å². The molecule has 0 aliphatic heterocycles. The van der Waals surface area contributed by atoms with Crippen LogP contribution in [0.5, 0.6) is 0 Å². The molecular weight excluding hydrogens is 248 g/mol. The zero-order chi connectivity index (χ0) is 12.5. The van der Waals surface area contributed by atoms with Crippen molar-refractivity contribution < 1.29 is 13.3 Å². The molecule has 0 saturated heterocycles. The molecule has 0 atom stereocenters. The predicted molar refractivity (Wildman–Crippen MR) is 53.8 cm³/mol. The van der Waals surface area contributed by atoms with Gasteiger partial charge in [-0.25, -0.2) is 8.42 Å². The highest BCUT2D eigenvalue weighted by molar-refractivity contribution is 7.91. The minimum Gasteiger partial charge on any atom is -0.351 e. The lowest BCUT2D eigenvalue weighted by molar-refractivity contribution is -0.384. The van der Waals surface area contributed by atoms with Gasteiger partial charge in [0.1, 0.15) is 0 Å². The maximum Gasteiger partial charge on any atom is 0.269 e. The molecular formula is C8H5N4O4S-. The SMILES string of the molecule is O=[N+]([O-])c1ccc(S(=O)(=O)c2[c-]nn[nH]2)cc1. The minimum atomic E-state index is -3.80. The van der Waals surface area contributed by atoms with Crippen molar-refractivity contribution in [3.8, 4) is 0 Å². The number of H-pyrrole nitrogens is 1. The monoisotopic (exact) mass is 253 g/mol. The zero-order valence-corrected chi connectivity index (χ0v) is 9.01. The average molecular weight is 253 g/mol. The van der Waals surface area contributed by atoms with Crippen LogP contribution in [0.15, 0.2) is 34.2 Å². The summed E-state index contributed by atoms with van der Waals surface area (Å²) < 4.78 is 23.7. The average Bonchev–Trinajstić information content (AvgIpc) is 2.83. The maximum atomic E-state index is 11.9. The van der Waals surface area contributed by atoms with Gasteiger partial charge >= 0.3 is 0 Å². The number of nitrogens with zero attached hydrogens (tertiary/aromatic N) is 3. The van der Waals surface area contributed by atoms with Crippen molar-refractivity contribution in [2.45, 2.75) is 9.92 Å². The number of benzene rings is 1. The van der Waals surface area contributed by atoms with E-state index in [0.29, 0.717) is 0 Å². The van der Waals surface area contributed by atoms with Crippen molar-refractivity contribution in [2.24, 2.45) is 0 Å². The van der Waals surface area contributed by atoms with E-state index >= 15 is 0 Å². The molecule has 0 aliphatic carbocycles. The van der Waals surface area contributed by atoms with Crippen LogP contribution < -0.4 is 0 Å². The number of nitrogens with one attached hydrogen (secondary N) is 1. The van der Waals surface area contributed by atoms with E-state index in [-0.39, 0.29) is 15.6 Å². The van der Waals surface area contributed by atoms with Crippen molar-refractivity contribution in [2.75, 3.05) is 0 Å². The molecule has 2 aromatic rings.